The lowest BCUT2D eigenvalue weighted by atomic mass is 10.1. The summed E-state index contributed by atoms with van der Waals surface area (Å²) >= 11 is 5.65. The van der Waals surface area contributed by atoms with Crippen molar-refractivity contribution in [3.05, 3.63) is 45.4 Å². The standard InChI is InChI=1S/C10H5ClN2O5/c11-6-2-1-5(3-7(6)13(16)17)9-8(10(14)15)12-4-18-9/h1-4H,(H,14,15). The van der Waals surface area contributed by atoms with Crippen LogP contribution in [0.2, 0.25) is 5.02 Å². The van der Waals surface area contributed by atoms with E-state index >= 15 is 0 Å². The highest BCUT2D eigenvalue weighted by molar-refractivity contribution is 6.32. The Bertz CT molecular complexity index is 637. The highest BCUT2D eigenvalue weighted by Gasteiger charge is 2.20. The highest BCUT2D eigenvalue weighted by Crippen LogP contribution is 2.31. The van der Waals surface area contributed by atoms with Gasteiger partial charge in [-0.2, -0.15) is 0 Å². The monoisotopic (exact) mass is 268 g/mol. The molecular formula is C10H5ClN2O5. The maximum Gasteiger partial charge on any atom is 0.358 e. The third-order valence-corrected chi connectivity index (χ3v) is 2.49. The summed E-state index contributed by atoms with van der Waals surface area (Å²) < 4.78 is 4.93. The number of carboxylic acids is 1. The van der Waals surface area contributed by atoms with Gasteiger partial charge in [-0.15, -0.1) is 0 Å². The number of halogens is 1. The van der Waals surface area contributed by atoms with Gasteiger partial charge in [0.25, 0.3) is 5.69 Å². The molecule has 0 saturated carbocycles. The smallest absolute Gasteiger partial charge is 0.358 e. The molecule has 0 atom stereocenters. The predicted octanol–water partition coefficient (Wildman–Crippen LogP) is 2.60. The fraction of sp³-hybridized carbons (Fsp3) is 0. The van der Waals surface area contributed by atoms with Gasteiger partial charge in [0.05, 0.1) is 4.92 Å². The van der Waals surface area contributed by atoms with E-state index in [1.165, 1.54) is 12.1 Å². The van der Waals surface area contributed by atoms with Gasteiger partial charge in [0.1, 0.15) is 5.02 Å². The van der Waals surface area contributed by atoms with Crippen molar-refractivity contribution in [3.63, 3.8) is 0 Å². The fourth-order valence-electron chi connectivity index (χ4n) is 1.40. The molecule has 2 rings (SSSR count). The third-order valence-electron chi connectivity index (χ3n) is 2.18. The van der Waals surface area contributed by atoms with Crippen molar-refractivity contribution in [2.75, 3.05) is 0 Å². The second kappa shape index (κ2) is 4.46. The molecule has 0 aliphatic heterocycles. The van der Waals surface area contributed by atoms with Crippen molar-refractivity contribution in [3.8, 4) is 11.3 Å². The van der Waals surface area contributed by atoms with Gasteiger partial charge >= 0.3 is 5.97 Å². The second-order valence-electron chi connectivity index (χ2n) is 3.26. The number of rotatable bonds is 3. The molecule has 8 heteroatoms. The summed E-state index contributed by atoms with van der Waals surface area (Å²) in [5.74, 6) is -1.33. The number of aromatic nitrogens is 1. The van der Waals surface area contributed by atoms with Crippen LogP contribution in [0.3, 0.4) is 0 Å². The van der Waals surface area contributed by atoms with Crippen molar-refractivity contribution < 1.29 is 19.2 Å². The first-order valence-corrected chi connectivity index (χ1v) is 4.99. The molecule has 7 nitrogen and oxygen atoms in total. The SMILES string of the molecule is O=C(O)c1ncoc1-c1ccc(Cl)c([N+](=O)[O-])c1. The van der Waals surface area contributed by atoms with Crippen LogP contribution in [-0.2, 0) is 0 Å². The Labute approximate surface area is 105 Å². The van der Waals surface area contributed by atoms with Gasteiger partial charge in [-0.05, 0) is 12.1 Å². The molecule has 0 bridgehead atoms. The Morgan fingerprint density at radius 1 is 1.50 bits per heavy atom. The van der Waals surface area contributed by atoms with Gasteiger partial charge in [-0.3, -0.25) is 10.1 Å². The molecule has 18 heavy (non-hydrogen) atoms. The van der Waals surface area contributed by atoms with Crippen LogP contribution >= 0.6 is 11.6 Å². The van der Waals surface area contributed by atoms with E-state index in [1.54, 1.807) is 0 Å². The van der Waals surface area contributed by atoms with E-state index in [9.17, 15) is 14.9 Å². The maximum atomic E-state index is 10.9. The van der Waals surface area contributed by atoms with Crippen LogP contribution in [0.25, 0.3) is 11.3 Å². The summed E-state index contributed by atoms with van der Waals surface area (Å²) in [6.45, 7) is 0. The van der Waals surface area contributed by atoms with E-state index in [0.717, 1.165) is 12.5 Å². The number of nitrogens with zero attached hydrogens (tertiary/aromatic N) is 2. The highest BCUT2D eigenvalue weighted by atomic mass is 35.5. The minimum Gasteiger partial charge on any atom is -0.476 e. The van der Waals surface area contributed by atoms with Crippen molar-refractivity contribution in [2.45, 2.75) is 0 Å². The Hall–Kier alpha value is -2.41. The second-order valence-corrected chi connectivity index (χ2v) is 3.67. The van der Waals surface area contributed by atoms with Crippen LogP contribution in [0.1, 0.15) is 10.5 Å². The zero-order valence-electron chi connectivity index (χ0n) is 8.66. The van der Waals surface area contributed by atoms with Crippen LogP contribution in [0.5, 0.6) is 0 Å². The Morgan fingerprint density at radius 3 is 2.83 bits per heavy atom. The minimum absolute atomic E-state index is 0.0415. The molecule has 1 aromatic carbocycles. The zero-order valence-corrected chi connectivity index (χ0v) is 9.42. The number of benzene rings is 1. The minimum atomic E-state index is -1.28. The third kappa shape index (κ3) is 2.03. The topological polar surface area (TPSA) is 106 Å². The van der Waals surface area contributed by atoms with Crippen LogP contribution in [-0.4, -0.2) is 21.0 Å². The fourth-order valence-corrected chi connectivity index (χ4v) is 1.58. The maximum absolute atomic E-state index is 10.9. The molecule has 0 spiro atoms. The lowest BCUT2D eigenvalue weighted by molar-refractivity contribution is -0.384. The van der Waals surface area contributed by atoms with E-state index in [4.69, 9.17) is 21.1 Å². The molecule has 0 unspecified atom stereocenters. The van der Waals surface area contributed by atoms with Gasteiger partial charge in [0.15, 0.2) is 17.8 Å². The van der Waals surface area contributed by atoms with Gasteiger partial charge in [-0.25, -0.2) is 9.78 Å². The molecular weight excluding hydrogens is 264 g/mol. The first-order chi connectivity index (χ1) is 8.50. The van der Waals surface area contributed by atoms with Gasteiger partial charge in [0.2, 0.25) is 0 Å². The number of hydrogen-bond donors (Lipinski definition) is 1. The molecule has 1 N–H and O–H groups in total. The Kier molecular flexibility index (Phi) is 2.99. The van der Waals surface area contributed by atoms with Crippen LogP contribution < -0.4 is 0 Å². The van der Waals surface area contributed by atoms with Crippen molar-refractivity contribution in [1.29, 1.82) is 0 Å². The molecule has 92 valence electrons. The average molecular weight is 269 g/mol. The summed E-state index contributed by atoms with van der Waals surface area (Å²) in [6, 6.07) is 3.85. The van der Waals surface area contributed by atoms with Crippen LogP contribution in [0, 0.1) is 10.1 Å². The van der Waals surface area contributed by atoms with Gasteiger partial charge in [0, 0.05) is 11.6 Å². The van der Waals surface area contributed by atoms with Gasteiger partial charge < -0.3 is 9.52 Å². The molecule has 0 amide bonds. The summed E-state index contributed by atoms with van der Waals surface area (Å²) in [6.07, 6.45) is 0.958. The number of carboxylic acid groups (broad SMARTS) is 1. The van der Waals surface area contributed by atoms with Crippen LogP contribution in [0.4, 0.5) is 5.69 Å². The van der Waals surface area contributed by atoms with Crippen molar-refractivity contribution >= 4 is 23.3 Å². The van der Waals surface area contributed by atoms with E-state index < -0.39 is 10.9 Å². The summed E-state index contributed by atoms with van der Waals surface area (Å²) in [5, 5.41) is 19.5. The van der Waals surface area contributed by atoms with E-state index in [0.29, 0.717) is 0 Å². The number of aromatic carboxylic acids is 1. The number of nitro groups is 1. The molecule has 0 saturated heterocycles. The lowest BCUT2D eigenvalue weighted by Crippen LogP contribution is -1.99. The van der Waals surface area contributed by atoms with E-state index in [2.05, 4.69) is 4.98 Å². The first-order valence-electron chi connectivity index (χ1n) is 4.62. The normalized spacial score (nSPS) is 10.3. The number of oxazole rings is 1. The average Bonchev–Trinajstić information content (AvgIpc) is 2.78. The van der Waals surface area contributed by atoms with Crippen LogP contribution in [0.15, 0.2) is 29.0 Å². The molecule has 2 aromatic rings. The first kappa shape index (κ1) is 12.1. The summed E-state index contributed by atoms with van der Waals surface area (Å²) in [4.78, 5) is 24.4. The quantitative estimate of drug-likeness (QED) is 0.677. The summed E-state index contributed by atoms with van der Waals surface area (Å²) in [7, 11) is 0. The van der Waals surface area contributed by atoms with E-state index in [-0.39, 0.29) is 27.7 Å². The van der Waals surface area contributed by atoms with Gasteiger partial charge in [-0.1, -0.05) is 11.6 Å². The molecule has 1 heterocycles. The predicted molar refractivity (Wildman–Crippen MR) is 60.6 cm³/mol. The van der Waals surface area contributed by atoms with Crippen molar-refractivity contribution in [1.82, 2.24) is 4.98 Å². The number of nitro benzene ring substituents is 1. The molecule has 1 aromatic heterocycles. The molecule has 0 fully saturated rings. The zero-order chi connectivity index (χ0) is 13.3. The molecule has 0 radical (unpaired) electrons. The largest absolute Gasteiger partial charge is 0.476 e. The number of hydrogen-bond acceptors (Lipinski definition) is 5. The lowest BCUT2D eigenvalue weighted by Gasteiger charge is -2.00. The van der Waals surface area contributed by atoms with E-state index in [1.807, 2.05) is 0 Å². The summed E-state index contributed by atoms with van der Waals surface area (Å²) in [5.41, 5.74) is -0.422. The number of carbonyl (C=O) groups is 1. The molecule has 0 aliphatic carbocycles. The van der Waals surface area contributed by atoms with Crippen molar-refractivity contribution in [2.24, 2.45) is 0 Å². The Balaban J connectivity index is 2.58. The molecule has 0 aliphatic rings. The Morgan fingerprint density at radius 2 is 2.22 bits per heavy atom.